The highest BCUT2D eigenvalue weighted by molar-refractivity contribution is 5.80. The van der Waals surface area contributed by atoms with Crippen LogP contribution in [0, 0.1) is 0 Å². The van der Waals surface area contributed by atoms with Gasteiger partial charge in [0.05, 0.1) is 13.2 Å². The normalized spacial score (nSPS) is 13.6. The van der Waals surface area contributed by atoms with Crippen LogP contribution >= 0.6 is 0 Å². The van der Waals surface area contributed by atoms with Crippen LogP contribution in [0.25, 0.3) is 0 Å². The number of rotatable bonds is 13. The summed E-state index contributed by atoms with van der Waals surface area (Å²) in [6, 6.07) is 10.7. The number of nitrogens with one attached hydrogen (secondary N) is 1. The van der Waals surface area contributed by atoms with Crippen LogP contribution in [0.1, 0.15) is 33.3 Å². The molecule has 142 valence electrons. The van der Waals surface area contributed by atoms with Gasteiger partial charge in [-0.1, -0.05) is 44.2 Å². The van der Waals surface area contributed by atoms with Crippen molar-refractivity contribution in [1.29, 1.82) is 0 Å². The minimum Gasteiger partial charge on any atom is -0.379 e. The van der Waals surface area contributed by atoms with Crippen molar-refractivity contribution >= 4 is 5.91 Å². The fraction of sp³-hybridized carbons (Fsp3) is 0.650. The number of amides is 1. The average molecular weight is 351 g/mol. The molecule has 0 aliphatic heterocycles. The second-order valence-corrected chi connectivity index (χ2v) is 6.02. The smallest absolute Gasteiger partial charge is 0.248 e. The Bertz CT molecular complexity index is 463. The molecule has 0 aliphatic carbocycles. The molecule has 0 spiro atoms. The van der Waals surface area contributed by atoms with Crippen LogP contribution in [0.15, 0.2) is 30.3 Å². The zero-order valence-corrected chi connectivity index (χ0v) is 16.2. The number of ether oxygens (including phenoxy) is 2. The van der Waals surface area contributed by atoms with Crippen molar-refractivity contribution in [2.75, 3.05) is 39.5 Å². The lowest BCUT2D eigenvalue weighted by Gasteiger charge is -2.30. The molecule has 0 aromatic heterocycles. The first kappa shape index (κ1) is 21.6. The topological polar surface area (TPSA) is 50.8 Å². The average Bonchev–Trinajstić information content (AvgIpc) is 2.64. The fourth-order valence-electron chi connectivity index (χ4n) is 2.82. The monoisotopic (exact) mass is 350 g/mol. The largest absolute Gasteiger partial charge is 0.379 e. The number of hydrogen-bond acceptors (Lipinski definition) is 4. The lowest BCUT2D eigenvalue weighted by molar-refractivity contribution is -0.132. The lowest BCUT2D eigenvalue weighted by Crippen LogP contribution is -2.47. The summed E-state index contributed by atoms with van der Waals surface area (Å²) in [6.07, 6.45) is 0.456. The lowest BCUT2D eigenvalue weighted by atomic mass is 10.0. The predicted molar refractivity (Wildman–Crippen MR) is 102 cm³/mol. The van der Waals surface area contributed by atoms with Crippen molar-refractivity contribution in [1.82, 2.24) is 10.2 Å². The molecule has 0 saturated carbocycles. The Hall–Kier alpha value is -1.43. The van der Waals surface area contributed by atoms with Gasteiger partial charge in [-0.15, -0.1) is 0 Å². The van der Waals surface area contributed by atoms with Crippen molar-refractivity contribution in [3.05, 3.63) is 35.9 Å². The van der Waals surface area contributed by atoms with E-state index in [-0.39, 0.29) is 11.9 Å². The minimum atomic E-state index is -0.463. The first-order chi connectivity index (χ1) is 12.1. The van der Waals surface area contributed by atoms with Gasteiger partial charge in [0.15, 0.2) is 0 Å². The van der Waals surface area contributed by atoms with Gasteiger partial charge >= 0.3 is 0 Å². The van der Waals surface area contributed by atoms with E-state index in [0.717, 1.165) is 19.5 Å². The summed E-state index contributed by atoms with van der Waals surface area (Å²) in [5.74, 6) is -0.0679. The Morgan fingerprint density at radius 3 is 2.40 bits per heavy atom. The van der Waals surface area contributed by atoms with Crippen molar-refractivity contribution in [2.45, 2.75) is 46.3 Å². The van der Waals surface area contributed by atoms with E-state index in [0.29, 0.717) is 26.4 Å². The fourth-order valence-corrected chi connectivity index (χ4v) is 2.82. The first-order valence-electron chi connectivity index (χ1n) is 9.37. The van der Waals surface area contributed by atoms with E-state index in [4.69, 9.17) is 9.47 Å². The Kier molecular flexibility index (Phi) is 11.1. The van der Waals surface area contributed by atoms with Crippen LogP contribution in [0.5, 0.6) is 0 Å². The van der Waals surface area contributed by atoms with Gasteiger partial charge < -0.3 is 14.8 Å². The molecule has 1 aromatic carbocycles. The van der Waals surface area contributed by atoms with Crippen LogP contribution in [0.2, 0.25) is 0 Å². The molecule has 25 heavy (non-hydrogen) atoms. The summed E-state index contributed by atoms with van der Waals surface area (Å²) in [6.45, 7) is 12.2. The zero-order chi connectivity index (χ0) is 18.5. The van der Waals surface area contributed by atoms with E-state index in [9.17, 15) is 4.79 Å². The molecule has 5 heteroatoms. The second-order valence-electron chi connectivity index (χ2n) is 6.02. The minimum absolute atomic E-state index is 0.0679. The third-order valence-electron chi connectivity index (χ3n) is 4.32. The van der Waals surface area contributed by atoms with Crippen LogP contribution in [-0.4, -0.2) is 62.4 Å². The highest BCUT2D eigenvalue weighted by Gasteiger charge is 2.19. The third-order valence-corrected chi connectivity index (χ3v) is 4.32. The molecule has 0 fully saturated rings. The van der Waals surface area contributed by atoms with Crippen molar-refractivity contribution < 1.29 is 14.3 Å². The number of carbonyl (C=O) groups is 1. The Balaban J connectivity index is 2.52. The molecular formula is C20H34N2O3. The molecule has 5 nitrogen and oxygen atoms in total. The third kappa shape index (κ3) is 8.47. The Morgan fingerprint density at radius 2 is 1.80 bits per heavy atom. The van der Waals surface area contributed by atoms with Gasteiger partial charge in [-0.25, -0.2) is 0 Å². The van der Waals surface area contributed by atoms with E-state index in [1.54, 1.807) is 6.92 Å². The zero-order valence-electron chi connectivity index (χ0n) is 16.2. The summed E-state index contributed by atoms with van der Waals surface area (Å²) >= 11 is 0. The highest BCUT2D eigenvalue weighted by Crippen LogP contribution is 2.09. The maximum Gasteiger partial charge on any atom is 0.248 e. The van der Waals surface area contributed by atoms with E-state index < -0.39 is 6.10 Å². The van der Waals surface area contributed by atoms with Crippen molar-refractivity contribution in [3.8, 4) is 0 Å². The van der Waals surface area contributed by atoms with E-state index in [1.807, 2.05) is 13.0 Å². The molecular weight excluding hydrogens is 316 g/mol. The summed E-state index contributed by atoms with van der Waals surface area (Å²) < 4.78 is 10.7. The number of likely N-dealkylation sites (N-methyl/N-ethyl adjacent to an activating group) is 1. The van der Waals surface area contributed by atoms with E-state index in [2.05, 4.69) is 48.3 Å². The second kappa shape index (κ2) is 12.9. The van der Waals surface area contributed by atoms with Crippen molar-refractivity contribution in [2.24, 2.45) is 0 Å². The van der Waals surface area contributed by atoms with Gasteiger partial charge in [0.25, 0.3) is 0 Å². The van der Waals surface area contributed by atoms with Crippen LogP contribution < -0.4 is 5.32 Å². The van der Waals surface area contributed by atoms with Gasteiger partial charge in [0.1, 0.15) is 6.10 Å². The highest BCUT2D eigenvalue weighted by atomic mass is 16.5. The molecule has 1 aromatic rings. The molecule has 0 bridgehead atoms. The quantitative estimate of drug-likeness (QED) is 0.555. The predicted octanol–water partition coefficient (Wildman–Crippen LogP) is 2.50. The summed E-state index contributed by atoms with van der Waals surface area (Å²) in [7, 11) is 0. The van der Waals surface area contributed by atoms with Crippen molar-refractivity contribution in [3.63, 3.8) is 0 Å². The van der Waals surface area contributed by atoms with Crippen LogP contribution in [-0.2, 0) is 20.7 Å². The van der Waals surface area contributed by atoms with Gasteiger partial charge in [0.2, 0.25) is 5.91 Å². The Labute approximate surface area is 152 Å². The molecule has 1 amide bonds. The Morgan fingerprint density at radius 1 is 1.12 bits per heavy atom. The number of nitrogens with zero attached hydrogens (tertiary/aromatic N) is 1. The first-order valence-corrected chi connectivity index (χ1v) is 9.37. The molecule has 1 N–H and O–H groups in total. The molecule has 2 unspecified atom stereocenters. The maximum atomic E-state index is 12.3. The number of hydrogen-bond donors (Lipinski definition) is 1. The van der Waals surface area contributed by atoms with Gasteiger partial charge in [-0.05, 0) is 38.9 Å². The maximum absolute atomic E-state index is 12.3. The van der Waals surface area contributed by atoms with Gasteiger partial charge in [0, 0.05) is 19.2 Å². The van der Waals surface area contributed by atoms with E-state index in [1.165, 1.54) is 5.56 Å². The molecule has 0 aliphatic rings. The molecule has 0 heterocycles. The number of benzene rings is 1. The summed E-state index contributed by atoms with van der Waals surface area (Å²) in [5, 5.41) is 3.05. The van der Waals surface area contributed by atoms with Crippen LogP contribution in [0.4, 0.5) is 0 Å². The van der Waals surface area contributed by atoms with E-state index >= 15 is 0 Å². The molecule has 0 saturated heterocycles. The molecule has 2 atom stereocenters. The molecule has 0 radical (unpaired) electrons. The SMILES string of the molecule is CCOCCOC(C)C(=O)NCC(Cc1ccccc1)N(CC)CC. The summed E-state index contributed by atoms with van der Waals surface area (Å²) in [4.78, 5) is 14.7. The summed E-state index contributed by atoms with van der Waals surface area (Å²) in [5.41, 5.74) is 1.29. The molecule has 1 rings (SSSR count). The van der Waals surface area contributed by atoms with Gasteiger partial charge in [-0.3, -0.25) is 9.69 Å². The van der Waals surface area contributed by atoms with Crippen LogP contribution in [0.3, 0.4) is 0 Å². The standard InChI is InChI=1S/C20H34N2O3/c1-5-22(6-2)19(15-18-11-9-8-10-12-18)16-21-20(23)17(4)25-14-13-24-7-3/h8-12,17,19H,5-7,13-16H2,1-4H3,(H,21,23). The van der Waals surface area contributed by atoms with Gasteiger partial charge in [-0.2, -0.15) is 0 Å². The number of carbonyl (C=O) groups excluding carboxylic acids is 1.